The van der Waals surface area contributed by atoms with Gasteiger partial charge in [0.05, 0.1) is 12.1 Å². The molecule has 0 spiro atoms. The number of hydrogen-bond acceptors (Lipinski definition) is 5. The molecule has 2 heterocycles. The highest BCUT2D eigenvalue weighted by Crippen LogP contribution is 2.14. The summed E-state index contributed by atoms with van der Waals surface area (Å²) in [6.07, 6.45) is 2.31. The molecular weight excluding hydrogens is 228 g/mol. The first-order valence-electron chi connectivity index (χ1n) is 6.35. The van der Waals surface area contributed by atoms with Gasteiger partial charge in [0.25, 0.3) is 0 Å². The Hall–Kier alpha value is -1.75. The minimum absolute atomic E-state index is 0.382. The molecule has 18 heavy (non-hydrogen) atoms. The molecule has 0 saturated carbocycles. The van der Waals surface area contributed by atoms with E-state index in [-0.39, 0.29) is 0 Å². The zero-order valence-corrected chi connectivity index (χ0v) is 10.2. The molecule has 0 radical (unpaired) electrons. The number of benzene rings is 1. The summed E-state index contributed by atoms with van der Waals surface area (Å²) in [6, 6.07) is 8.06. The molecule has 1 aliphatic heterocycles. The van der Waals surface area contributed by atoms with Crippen LogP contribution in [-0.4, -0.2) is 34.9 Å². The standard InChI is InChI=1S/C13H16N4O/c1-2-4-12-11(3-1)15-13(17-16-12)18-9-10-5-7-14-8-6-10/h1-4,10,14H,5-9H2. The van der Waals surface area contributed by atoms with E-state index in [2.05, 4.69) is 20.5 Å². The fourth-order valence-electron chi connectivity index (χ4n) is 2.17. The van der Waals surface area contributed by atoms with Gasteiger partial charge in [-0.3, -0.25) is 0 Å². The molecule has 5 nitrogen and oxygen atoms in total. The van der Waals surface area contributed by atoms with E-state index >= 15 is 0 Å². The van der Waals surface area contributed by atoms with Gasteiger partial charge in [-0.15, -0.1) is 5.10 Å². The molecule has 1 aromatic carbocycles. The van der Waals surface area contributed by atoms with Crippen LogP contribution in [0.2, 0.25) is 0 Å². The predicted molar refractivity (Wildman–Crippen MR) is 68.4 cm³/mol. The van der Waals surface area contributed by atoms with Gasteiger partial charge in [0, 0.05) is 0 Å². The third-order valence-electron chi connectivity index (χ3n) is 3.25. The lowest BCUT2D eigenvalue weighted by Crippen LogP contribution is -2.30. The molecule has 1 aliphatic rings. The summed E-state index contributed by atoms with van der Waals surface area (Å²) in [5, 5.41) is 11.4. The highest BCUT2D eigenvalue weighted by atomic mass is 16.5. The minimum atomic E-state index is 0.382. The molecule has 0 atom stereocenters. The molecule has 5 heteroatoms. The van der Waals surface area contributed by atoms with Gasteiger partial charge in [0.15, 0.2) is 0 Å². The van der Waals surface area contributed by atoms with E-state index in [1.807, 2.05) is 24.3 Å². The van der Waals surface area contributed by atoms with Gasteiger partial charge in [-0.05, 0) is 44.0 Å². The van der Waals surface area contributed by atoms with Crippen LogP contribution in [0.5, 0.6) is 6.01 Å². The average molecular weight is 244 g/mol. The topological polar surface area (TPSA) is 59.9 Å². The number of nitrogens with zero attached hydrogens (tertiary/aromatic N) is 3. The Balaban J connectivity index is 1.66. The molecule has 0 amide bonds. The highest BCUT2D eigenvalue weighted by Gasteiger charge is 2.14. The maximum Gasteiger partial charge on any atom is 0.336 e. The van der Waals surface area contributed by atoms with E-state index < -0.39 is 0 Å². The Bertz CT molecular complexity index is 525. The molecule has 1 saturated heterocycles. The van der Waals surface area contributed by atoms with Crippen LogP contribution in [0.25, 0.3) is 11.0 Å². The maximum absolute atomic E-state index is 5.64. The molecule has 94 valence electrons. The van der Waals surface area contributed by atoms with Crippen LogP contribution in [0.4, 0.5) is 0 Å². The van der Waals surface area contributed by atoms with Crippen molar-refractivity contribution in [1.29, 1.82) is 0 Å². The van der Waals surface area contributed by atoms with Gasteiger partial charge in [-0.25, -0.2) is 0 Å². The van der Waals surface area contributed by atoms with Crippen molar-refractivity contribution >= 4 is 11.0 Å². The number of piperidine rings is 1. The number of rotatable bonds is 3. The molecule has 0 unspecified atom stereocenters. The van der Waals surface area contributed by atoms with Gasteiger partial charge in [0.2, 0.25) is 0 Å². The first-order valence-corrected chi connectivity index (χ1v) is 6.35. The van der Waals surface area contributed by atoms with Crippen LogP contribution < -0.4 is 10.1 Å². The summed E-state index contributed by atoms with van der Waals surface area (Å²) in [5.41, 5.74) is 1.62. The second-order valence-corrected chi connectivity index (χ2v) is 4.59. The van der Waals surface area contributed by atoms with Crippen LogP contribution in [-0.2, 0) is 0 Å². The zero-order chi connectivity index (χ0) is 12.2. The van der Waals surface area contributed by atoms with Crippen molar-refractivity contribution in [1.82, 2.24) is 20.5 Å². The fourth-order valence-corrected chi connectivity index (χ4v) is 2.17. The van der Waals surface area contributed by atoms with Crippen molar-refractivity contribution in [2.75, 3.05) is 19.7 Å². The minimum Gasteiger partial charge on any atom is -0.462 e. The van der Waals surface area contributed by atoms with E-state index in [1.54, 1.807) is 0 Å². The number of ether oxygens (including phenoxy) is 1. The van der Waals surface area contributed by atoms with E-state index in [9.17, 15) is 0 Å². The molecule has 1 fully saturated rings. The van der Waals surface area contributed by atoms with Crippen LogP contribution >= 0.6 is 0 Å². The molecule has 0 bridgehead atoms. The lowest BCUT2D eigenvalue weighted by Gasteiger charge is -2.21. The summed E-state index contributed by atoms with van der Waals surface area (Å²) in [6.45, 7) is 2.83. The second kappa shape index (κ2) is 5.27. The summed E-state index contributed by atoms with van der Waals surface area (Å²) in [4.78, 5) is 4.35. The first-order chi connectivity index (χ1) is 8.92. The van der Waals surface area contributed by atoms with Gasteiger partial charge in [-0.2, -0.15) is 4.98 Å². The quantitative estimate of drug-likeness (QED) is 0.884. The fraction of sp³-hybridized carbons (Fsp3) is 0.462. The van der Waals surface area contributed by atoms with Crippen LogP contribution in [0.1, 0.15) is 12.8 Å². The van der Waals surface area contributed by atoms with E-state index in [1.165, 1.54) is 0 Å². The molecule has 1 N–H and O–H groups in total. The Labute approximate surface area is 106 Å². The summed E-state index contributed by atoms with van der Waals surface area (Å²) >= 11 is 0. The summed E-state index contributed by atoms with van der Waals surface area (Å²) in [5.74, 6) is 0.598. The lowest BCUT2D eigenvalue weighted by molar-refractivity contribution is 0.201. The van der Waals surface area contributed by atoms with Crippen molar-refractivity contribution in [2.24, 2.45) is 5.92 Å². The van der Waals surface area contributed by atoms with Gasteiger partial charge in [0.1, 0.15) is 5.52 Å². The summed E-state index contributed by atoms with van der Waals surface area (Å²) < 4.78 is 5.64. The van der Waals surface area contributed by atoms with Crippen molar-refractivity contribution in [3.05, 3.63) is 24.3 Å². The monoisotopic (exact) mass is 244 g/mol. The Morgan fingerprint density at radius 2 is 1.89 bits per heavy atom. The maximum atomic E-state index is 5.64. The second-order valence-electron chi connectivity index (χ2n) is 4.59. The van der Waals surface area contributed by atoms with Crippen LogP contribution in [0.15, 0.2) is 24.3 Å². The number of fused-ring (bicyclic) bond motifs is 1. The number of hydrogen-bond donors (Lipinski definition) is 1. The molecule has 3 rings (SSSR count). The smallest absolute Gasteiger partial charge is 0.336 e. The average Bonchev–Trinajstić information content (AvgIpc) is 2.46. The Morgan fingerprint density at radius 3 is 2.72 bits per heavy atom. The van der Waals surface area contributed by atoms with E-state index in [0.29, 0.717) is 18.5 Å². The Kier molecular flexibility index (Phi) is 3.32. The lowest BCUT2D eigenvalue weighted by atomic mass is 9.99. The van der Waals surface area contributed by atoms with Gasteiger partial charge >= 0.3 is 6.01 Å². The SMILES string of the molecule is c1ccc2nc(OCC3CCNCC3)nnc2c1. The molecular formula is C13H16N4O. The third kappa shape index (κ3) is 2.56. The molecule has 0 aliphatic carbocycles. The van der Waals surface area contributed by atoms with Crippen molar-refractivity contribution in [3.63, 3.8) is 0 Å². The van der Waals surface area contributed by atoms with Crippen molar-refractivity contribution < 1.29 is 4.74 Å². The van der Waals surface area contributed by atoms with E-state index in [4.69, 9.17) is 4.74 Å². The Morgan fingerprint density at radius 1 is 1.11 bits per heavy atom. The largest absolute Gasteiger partial charge is 0.462 e. The van der Waals surface area contributed by atoms with Gasteiger partial charge < -0.3 is 10.1 Å². The van der Waals surface area contributed by atoms with Crippen LogP contribution in [0, 0.1) is 5.92 Å². The predicted octanol–water partition coefficient (Wildman–Crippen LogP) is 1.40. The molecule has 2 aromatic rings. The summed E-state index contributed by atoms with van der Waals surface area (Å²) in [7, 11) is 0. The zero-order valence-electron chi connectivity index (χ0n) is 10.2. The third-order valence-corrected chi connectivity index (χ3v) is 3.25. The normalized spacial score (nSPS) is 16.9. The number of aromatic nitrogens is 3. The number of para-hydroxylation sites is 1. The van der Waals surface area contributed by atoms with Crippen LogP contribution in [0.3, 0.4) is 0 Å². The first kappa shape index (κ1) is 11.3. The molecule has 1 aromatic heterocycles. The number of nitrogens with one attached hydrogen (secondary N) is 1. The van der Waals surface area contributed by atoms with E-state index in [0.717, 1.165) is 37.0 Å². The highest BCUT2D eigenvalue weighted by molar-refractivity contribution is 5.73. The van der Waals surface area contributed by atoms with Crippen molar-refractivity contribution in [2.45, 2.75) is 12.8 Å². The van der Waals surface area contributed by atoms with Gasteiger partial charge in [-0.1, -0.05) is 17.2 Å². The van der Waals surface area contributed by atoms with Crippen molar-refractivity contribution in [3.8, 4) is 6.01 Å².